The molecule has 1 aromatic carbocycles. The number of nitrogens with one attached hydrogen (secondary N) is 2. The molecule has 88 valence electrons. The predicted molar refractivity (Wildman–Crippen MR) is 61.5 cm³/mol. The summed E-state index contributed by atoms with van der Waals surface area (Å²) in [6, 6.07) is 6.29. The average Bonchev–Trinajstić information content (AvgIpc) is 2.27. The van der Waals surface area contributed by atoms with Crippen LogP contribution in [0.3, 0.4) is 0 Å². The van der Waals surface area contributed by atoms with E-state index in [0.717, 1.165) is 5.56 Å². The average molecular weight is 224 g/mol. The van der Waals surface area contributed by atoms with Gasteiger partial charge >= 0.3 is 0 Å². The molecule has 0 spiro atoms. The largest absolute Gasteiger partial charge is 0.355 e. The van der Waals surface area contributed by atoms with Crippen molar-refractivity contribution in [2.45, 2.75) is 19.9 Å². The fraction of sp³-hybridized carbons (Fsp3) is 0.417. The third-order valence-corrected chi connectivity index (χ3v) is 2.31. The van der Waals surface area contributed by atoms with Crippen molar-refractivity contribution >= 4 is 5.91 Å². The van der Waals surface area contributed by atoms with Crippen molar-refractivity contribution in [1.29, 1.82) is 0 Å². The lowest BCUT2D eigenvalue weighted by Crippen LogP contribution is -2.34. The lowest BCUT2D eigenvalue weighted by molar-refractivity contribution is -0.120. The Balaban J connectivity index is 2.43. The Morgan fingerprint density at radius 1 is 1.38 bits per heavy atom. The molecule has 0 aromatic heterocycles. The van der Waals surface area contributed by atoms with Gasteiger partial charge in [-0.15, -0.1) is 0 Å². The van der Waals surface area contributed by atoms with Crippen molar-refractivity contribution in [2.75, 3.05) is 13.1 Å². The van der Waals surface area contributed by atoms with Gasteiger partial charge in [0.25, 0.3) is 0 Å². The molecule has 0 unspecified atom stereocenters. The molecule has 1 aromatic rings. The monoisotopic (exact) mass is 224 g/mol. The number of hydrogen-bond acceptors (Lipinski definition) is 2. The molecule has 0 heterocycles. The second-order valence-electron chi connectivity index (χ2n) is 3.61. The summed E-state index contributed by atoms with van der Waals surface area (Å²) in [5, 5.41) is 5.77. The molecule has 0 radical (unpaired) electrons. The molecule has 0 bridgehead atoms. The maximum Gasteiger partial charge on any atom is 0.233 e. The van der Waals surface area contributed by atoms with Crippen LogP contribution in [-0.2, 0) is 4.79 Å². The summed E-state index contributed by atoms with van der Waals surface area (Å²) in [7, 11) is 0. The number of halogens is 1. The van der Waals surface area contributed by atoms with E-state index < -0.39 is 0 Å². The van der Waals surface area contributed by atoms with Crippen molar-refractivity contribution in [3.8, 4) is 0 Å². The van der Waals surface area contributed by atoms with E-state index in [1.807, 2.05) is 13.8 Å². The molecule has 1 amide bonds. The molecule has 1 atom stereocenters. The van der Waals surface area contributed by atoms with Crippen LogP contribution in [0.5, 0.6) is 0 Å². The molecule has 2 N–H and O–H groups in total. The summed E-state index contributed by atoms with van der Waals surface area (Å²) in [5.41, 5.74) is 0.964. The zero-order valence-electron chi connectivity index (χ0n) is 9.59. The minimum atomic E-state index is -0.250. The van der Waals surface area contributed by atoms with Gasteiger partial charge in [0, 0.05) is 12.6 Å². The third kappa shape index (κ3) is 3.98. The van der Waals surface area contributed by atoms with Crippen molar-refractivity contribution in [3.05, 3.63) is 35.6 Å². The number of carbonyl (C=O) groups is 1. The first kappa shape index (κ1) is 12.6. The van der Waals surface area contributed by atoms with Crippen LogP contribution in [-0.4, -0.2) is 19.0 Å². The van der Waals surface area contributed by atoms with Gasteiger partial charge in [-0.2, -0.15) is 0 Å². The number of hydrogen-bond donors (Lipinski definition) is 2. The summed E-state index contributed by atoms with van der Waals surface area (Å²) in [6.07, 6.45) is 0. The smallest absolute Gasteiger partial charge is 0.233 e. The third-order valence-electron chi connectivity index (χ3n) is 2.31. The Kier molecular flexibility index (Phi) is 4.92. The van der Waals surface area contributed by atoms with E-state index in [9.17, 15) is 9.18 Å². The van der Waals surface area contributed by atoms with Crippen LogP contribution in [0.25, 0.3) is 0 Å². The zero-order valence-corrected chi connectivity index (χ0v) is 9.59. The van der Waals surface area contributed by atoms with Crippen molar-refractivity contribution < 1.29 is 9.18 Å². The molecular weight excluding hydrogens is 207 g/mol. The van der Waals surface area contributed by atoms with Gasteiger partial charge in [-0.1, -0.05) is 12.1 Å². The normalized spacial score (nSPS) is 12.2. The quantitative estimate of drug-likeness (QED) is 0.798. The summed E-state index contributed by atoms with van der Waals surface area (Å²) < 4.78 is 12.7. The number of amides is 1. The van der Waals surface area contributed by atoms with Gasteiger partial charge in [-0.25, -0.2) is 4.39 Å². The summed E-state index contributed by atoms with van der Waals surface area (Å²) in [4.78, 5) is 11.2. The highest BCUT2D eigenvalue weighted by molar-refractivity contribution is 5.77. The molecule has 0 aliphatic heterocycles. The molecular formula is C12H17FN2O. The number of benzene rings is 1. The Morgan fingerprint density at radius 3 is 2.56 bits per heavy atom. The maximum absolute atomic E-state index is 12.7. The van der Waals surface area contributed by atoms with Crippen molar-refractivity contribution in [2.24, 2.45) is 0 Å². The molecule has 0 aliphatic carbocycles. The second kappa shape index (κ2) is 6.23. The van der Waals surface area contributed by atoms with E-state index >= 15 is 0 Å². The summed E-state index contributed by atoms with van der Waals surface area (Å²) in [5.74, 6) is -0.281. The standard InChI is InChI=1S/C12H17FN2O/c1-3-14-12(16)8-15-9(2)10-4-6-11(13)7-5-10/h4-7,9,15H,3,8H2,1-2H3,(H,14,16)/t9-/m1/s1. The second-order valence-corrected chi connectivity index (χ2v) is 3.61. The van der Waals surface area contributed by atoms with Crippen LogP contribution in [0.4, 0.5) is 4.39 Å². The molecule has 16 heavy (non-hydrogen) atoms. The fourth-order valence-electron chi connectivity index (χ4n) is 1.37. The lowest BCUT2D eigenvalue weighted by atomic mass is 10.1. The van der Waals surface area contributed by atoms with E-state index in [0.29, 0.717) is 6.54 Å². The van der Waals surface area contributed by atoms with E-state index in [1.54, 1.807) is 12.1 Å². The van der Waals surface area contributed by atoms with Gasteiger partial charge in [-0.3, -0.25) is 4.79 Å². The van der Waals surface area contributed by atoms with Crippen molar-refractivity contribution in [3.63, 3.8) is 0 Å². The van der Waals surface area contributed by atoms with Gasteiger partial charge in [0.05, 0.1) is 6.54 Å². The fourth-order valence-corrected chi connectivity index (χ4v) is 1.37. The first-order valence-corrected chi connectivity index (χ1v) is 5.39. The summed E-state index contributed by atoms with van der Waals surface area (Å²) in [6.45, 7) is 4.71. The predicted octanol–water partition coefficient (Wildman–Crippen LogP) is 1.61. The molecule has 0 fully saturated rings. The van der Waals surface area contributed by atoms with E-state index in [4.69, 9.17) is 0 Å². The minimum absolute atomic E-state index is 0.0307. The van der Waals surface area contributed by atoms with Gasteiger partial charge in [-0.05, 0) is 31.5 Å². The SMILES string of the molecule is CCNC(=O)CN[C@H](C)c1ccc(F)cc1. The van der Waals surface area contributed by atoms with E-state index in [2.05, 4.69) is 10.6 Å². The topological polar surface area (TPSA) is 41.1 Å². The lowest BCUT2D eigenvalue weighted by Gasteiger charge is -2.13. The van der Waals surface area contributed by atoms with Crippen molar-refractivity contribution in [1.82, 2.24) is 10.6 Å². The molecule has 3 nitrogen and oxygen atoms in total. The Hall–Kier alpha value is -1.42. The van der Waals surface area contributed by atoms with Gasteiger partial charge in [0.15, 0.2) is 0 Å². The molecule has 0 saturated heterocycles. The van der Waals surface area contributed by atoms with Crippen LogP contribution in [0.1, 0.15) is 25.5 Å². The van der Waals surface area contributed by atoms with Crippen LogP contribution < -0.4 is 10.6 Å². The minimum Gasteiger partial charge on any atom is -0.355 e. The highest BCUT2D eigenvalue weighted by atomic mass is 19.1. The zero-order chi connectivity index (χ0) is 12.0. The Bertz CT molecular complexity index is 337. The molecule has 4 heteroatoms. The first-order chi connectivity index (χ1) is 7.63. The molecule has 0 aliphatic rings. The van der Waals surface area contributed by atoms with Gasteiger partial charge in [0.1, 0.15) is 5.82 Å². The number of rotatable bonds is 5. The van der Waals surface area contributed by atoms with Crippen LogP contribution in [0, 0.1) is 5.82 Å². The van der Waals surface area contributed by atoms with Crippen LogP contribution >= 0.6 is 0 Å². The Morgan fingerprint density at radius 2 is 2.00 bits per heavy atom. The van der Waals surface area contributed by atoms with E-state index in [1.165, 1.54) is 12.1 Å². The van der Waals surface area contributed by atoms with Crippen LogP contribution in [0.2, 0.25) is 0 Å². The van der Waals surface area contributed by atoms with Gasteiger partial charge in [0.2, 0.25) is 5.91 Å². The molecule has 0 saturated carbocycles. The van der Waals surface area contributed by atoms with Crippen LogP contribution in [0.15, 0.2) is 24.3 Å². The van der Waals surface area contributed by atoms with Gasteiger partial charge < -0.3 is 10.6 Å². The molecule has 1 rings (SSSR count). The highest BCUT2D eigenvalue weighted by Crippen LogP contribution is 2.12. The number of carbonyl (C=O) groups excluding carboxylic acids is 1. The summed E-state index contributed by atoms with van der Waals surface area (Å²) >= 11 is 0. The first-order valence-electron chi connectivity index (χ1n) is 5.39. The Labute approximate surface area is 95.0 Å². The number of likely N-dealkylation sites (N-methyl/N-ethyl adjacent to an activating group) is 1. The highest BCUT2D eigenvalue weighted by Gasteiger charge is 2.06. The maximum atomic E-state index is 12.7. The van der Waals surface area contributed by atoms with E-state index in [-0.39, 0.29) is 24.3 Å².